The van der Waals surface area contributed by atoms with Gasteiger partial charge in [-0.15, -0.1) is 23.7 Å². The second kappa shape index (κ2) is 8.59. The van der Waals surface area contributed by atoms with Crippen molar-refractivity contribution >= 4 is 45.6 Å². The number of fused-ring (bicyclic) bond motifs is 1. The maximum absolute atomic E-state index is 13.0. The molecular weight excluding hydrogens is 382 g/mol. The van der Waals surface area contributed by atoms with Crippen LogP contribution in [0.1, 0.15) is 34.5 Å². The van der Waals surface area contributed by atoms with E-state index in [4.69, 9.17) is 0 Å². The Morgan fingerprint density at radius 1 is 1.07 bits per heavy atom. The van der Waals surface area contributed by atoms with Crippen LogP contribution in [-0.4, -0.2) is 60.4 Å². The molecule has 4 rings (SSSR count). The molecule has 2 aliphatic heterocycles. The molecule has 2 amide bonds. The summed E-state index contributed by atoms with van der Waals surface area (Å²) in [5.41, 5.74) is 1.07. The predicted octanol–water partition coefficient (Wildman–Crippen LogP) is 3.06. The van der Waals surface area contributed by atoms with Gasteiger partial charge >= 0.3 is 0 Å². The average Bonchev–Trinajstić information content (AvgIpc) is 3.04. The number of piperazine rings is 1. The molecule has 1 aromatic carbocycles. The standard InChI is InChI=1S/C20H25N3O2S.ClH/c1-14-15-6-2-3-8-17(15)26-18(14)20(25)23-12-10-22(11-13-23)19(24)16-7-4-5-9-21-16;/h2-3,6,8,16,21H,4-5,7,9-13H2,1H3;1H. The summed E-state index contributed by atoms with van der Waals surface area (Å²) in [4.78, 5) is 30.3. The van der Waals surface area contributed by atoms with Crippen molar-refractivity contribution in [1.82, 2.24) is 15.1 Å². The number of rotatable bonds is 2. The topological polar surface area (TPSA) is 52.7 Å². The highest BCUT2D eigenvalue weighted by atomic mass is 35.5. The van der Waals surface area contributed by atoms with Crippen LogP contribution in [0.25, 0.3) is 10.1 Å². The van der Waals surface area contributed by atoms with Crippen LogP contribution in [0.5, 0.6) is 0 Å². The van der Waals surface area contributed by atoms with Crippen molar-refractivity contribution in [2.75, 3.05) is 32.7 Å². The maximum atomic E-state index is 13.0. The van der Waals surface area contributed by atoms with Crippen LogP contribution in [0.4, 0.5) is 0 Å². The Morgan fingerprint density at radius 2 is 1.78 bits per heavy atom. The normalized spacial score (nSPS) is 20.4. The first-order chi connectivity index (χ1) is 12.6. The third-order valence-electron chi connectivity index (χ3n) is 5.52. The molecule has 2 aliphatic rings. The molecule has 7 heteroatoms. The number of piperidine rings is 1. The number of halogens is 1. The Hall–Kier alpha value is -1.63. The molecule has 0 radical (unpaired) electrons. The minimum Gasteiger partial charge on any atom is -0.338 e. The summed E-state index contributed by atoms with van der Waals surface area (Å²) >= 11 is 1.57. The van der Waals surface area contributed by atoms with Crippen molar-refractivity contribution in [3.63, 3.8) is 0 Å². The number of carbonyl (C=O) groups is 2. The fourth-order valence-corrected chi connectivity index (χ4v) is 5.11. The highest BCUT2D eigenvalue weighted by molar-refractivity contribution is 7.21. The predicted molar refractivity (Wildman–Crippen MR) is 112 cm³/mol. The Balaban J connectivity index is 0.00000210. The lowest BCUT2D eigenvalue weighted by Crippen LogP contribution is -2.55. The van der Waals surface area contributed by atoms with Gasteiger partial charge in [-0.05, 0) is 43.3 Å². The van der Waals surface area contributed by atoms with Gasteiger partial charge in [-0.2, -0.15) is 0 Å². The molecule has 0 saturated carbocycles. The van der Waals surface area contributed by atoms with Gasteiger partial charge in [-0.1, -0.05) is 24.6 Å². The van der Waals surface area contributed by atoms with E-state index < -0.39 is 0 Å². The summed E-state index contributed by atoms with van der Waals surface area (Å²) in [6.45, 7) is 5.45. The third kappa shape index (κ3) is 3.98. The molecule has 0 bridgehead atoms. The minimum atomic E-state index is -0.0316. The van der Waals surface area contributed by atoms with Crippen LogP contribution >= 0.6 is 23.7 Å². The fourth-order valence-electron chi connectivity index (χ4n) is 3.93. The minimum absolute atomic E-state index is 0. The molecule has 1 N–H and O–H groups in total. The third-order valence-corrected chi connectivity index (χ3v) is 6.79. The lowest BCUT2D eigenvalue weighted by Gasteiger charge is -2.37. The molecule has 1 atom stereocenters. The van der Waals surface area contributed by atoms with E-state index >= 15 is 0 Å². The SMILES string of the molecule is Cc1c(C(=O)N2CCN(C(=O)C3CCCCN3)CC2)sc2ccccc12.Cl. The van der Waals surface area contributed by atoms with Gasteiger partial charge in [0, 0.05) is 30.9 Å². The largest absolute Gasteiger partial charge is 0.338 e. The maximum Gasteiger partial charge on any atom is 0.264 e. The molecule has 2 aromatic rings. The van der Waals surface area contributed by atoms with Crippen LogP contribution in [0.15, 0.2) is 24.3 Å². The van der Waals surface area contributed by atoms with Crippen molar-refractivity contribution in [3.05, 3.63) is 34.7 Å². The van der Waals surface area contributed by atoms with Crippen molar-refractivity contribution < 1.29 is 9.59 Å². The summed E-state index contributed by atoms with van der Waals surface area (Å²) in [7, 11) is 0. The number of carbonyl (C=O) groups excluding carboxylic acids is 2. The molecule has 1 aromatic heterocycles. The van der Waals surface area contributed by atoms with Crippen molar-refractivity contribution in [2.45, 2.75) is 32.2 Å². The zero-order valence-corrected chi connectivity index (χ0v) is 17.2. The fraction of sp³-hybridized carbons (Fsp3) is 0.500. The molecule has 27 heavy (non-hydrogen) atoms. The highest BCUT2D eigenvalue weighted by Gasteiger charge is 2.30. The molecule has 146 valence electrons. The van der Waals surface area contributed by atoms with Crippen LogP contribution in [0.2, 0.25) is 0 Å². The van der Waals surface area contributed by atoms with Gasteiger partial charge in [0.05, 0.1) is 10.9 Å². The second-order valence-corrected chi connectivity index (χ2v) is 8.22. The summed E-state index contributed by atoms with van der Waals surface area (Å²) in [6.07, 6.45) is 3.20. The summed E-state index contributed by atoms with van der Waals surface area (Å²) in [5, 5.41) is 4.49. The summed E-state index contributed by atoms with van der Waals surface area (Å²) in [6, 6.07) is 8.13. The molecule has 0 spiro atoms. The van der Waals surface area contributed by atoms with Crippen LogP contribution in [0.3, 0.4) is 0 Å². The number of nitrogens with zero attached hydrogens (tertiary/aromatic N) is 2. The first-order valence-electron chi connectivity index (χ1n) is 9.45. The Morgan fingerprint density at radius 3 is 2.44 bits per heavy atom. The van der Waals surface area contributed by atoms with Crippen molar-refractivity contribution in [3.8, 4) is 0 Å². The van der Waals surface area contributed by atoms with Crippen LogP contribution in [-0.2, 0) is 4.79 Å². The van der Waals surface area contributed by atoms with Gasteiger partial charge in [0.1, 0.15) is 0 Å². The smallest absolute Gasteiger partial charge is 0.264 e. The van der Waals surface area contributed by atoms with Crippen molar-refractivity contribution in [2.24, 2.45) is 0 Å². The van der Waals surface area contributed by atoms with Gasteiger partial charge in [-0.25, -0.2) is 0 Å². The molecule has 1 unspecified atom stereocenters. The molecule has 3 heterocycles. The number of nitrogens with one attached hydrogen (secondary N) is 1. The number of amides is 2. The lowest BCUT2D eigenvalue weighted by atomic mass is 10.0. The number of benzene rings is 1. The Labute approximate surface area is 170 Å². The van der Waals surface area contributed by atoms with Crippen LogP contribution in [0, 0.1) is 6.92 Å². The monoisotopic (exact) mass is 407 g/mol. The highest BCUT2D eigenvalue weighted by Crippen LogP contribution is 2.31. The Bertz CT molecular complexity index is 824. The van der Waals surface area contributed by atoms with E-state index in [1.165, 1.54) is 0 Å². The first kappa shape index (κ1) is 20.1. The zero-order chi connectivity index (χ0) is 18.1. The van der Waals surface area contributed by atoms with E-state index in [9.17, 15) is 9.59 Å². The number of aryl methyl sites for hydroxylation is 1. The van der Waals surface area contributed by atoms with Crippen LogP contribution < -0.4 is 5.32 Å². The van der Waals surface area contributed by atoms with E-state index in [1.54, 1.807) is 11.3 Å². The van der Waals surface area contributed by atoms with Gasteiger partial charge in [0.15, 0.2) is 0 Å². The number of thiophene rings is 1. The van der Waals surface area contributed by atoms with Gasteiger partial charge < -0.3 is 15.1 Å². The average molecular weight is 408 g/mol. The number of hydrogen-bond acceptors (Lipinski definition) is 4. The summed E-state index contributed by atoms with van der Waals surface area (Å²) < 4.78 is 1.16. The molecule has 2 fully saturated rings. The second-order valence-electron chi connectivity index (χ2n) is 7.17. The lowest BCUT2D eigenvalue weighted by molar-refractivity contribution is -0.135. The van der Waals surface area contributed by atoms with Gasteiger partial charge in [0.2, 0.25) is 5.91 Å². The Kier molecular flexibility index (Phi) is 6.40. The van der Waals surface area contributed by atoms with E-state index in [2.05, 4.69) is 17.4 Å². The van der Waals surface area contributed by atoms with E-state index in [1.807, 2.05) is 28.9 Å². The zero-order valence-electron chi connectivity index (χ0n) is 15.6. The molecule has 5 nitrogen and oxygen atoms in total. The van der Waals surface area contributed by atoms with E-state index in [-0.39, 0.29) is 30.3 Å². The van der Waals surface area contributed by atoms with Crippen molar-refractivity contribution in [1.29, 1.82) is 0 Å². The number of hydrogen-bond donors (Lipinski definition) is 1. The van der Waals surface area contributed by atoms with Gasteiger partial charge in [-0.3, -0.25) is 9.59 Å². The van der Waals surface area contributed by atoms with E-state index in [0.29, 0.717) is 26.2 Å². The molecule has 2 saturated heterocycles. The molecular formula is C20H26ClN3O2S. The van der Waals surface area contributed by atoms with E-state index in [0.717, 1.165) is 46.3 Å². The summed E-state index contributed by atoms with van der Waals surface area (Å²) in [5.74, 6) is 0.307. The van der Waals surface area contributed by atoms with Gasteiger partial charge in [0.25, 0.3) is 5.91 Å². The quantitative estimate of drug-likeness (QED) is 0.832. The first-order valence-corrected chi connectivity index (χ1v) is 10.3. The molecule has 0 aliphatic carbocycles.